The van der Waals surface area contributed by atoms with Gasteiger partial charge in [-0.3, -0.25) is 0 Å². The summed E-state index contributed by atoms with van der Waals surface area (Å²) in [6.45, 7) is 1.47. The average Bonchev–Trinajstić information content (AvgIpc) is 2.88. The molecule has 1 aromatic heterocycles. The highest BCUT2D eigenvalue weighted by Crippen LogP contribution is 2.20. The van der Waals surface area contributed by atoms with Gasteiger partial charge in [-0.1, -0.05) is 25.1 Å². The summed E-state index contributed by atoms with van der Waals surface area (Å²) < 4.78 is 5.76. The number of hydrogen-bond donors (Lipinski definition) is 2. The van der Waals surface area contributed by atoms with E-state index in [-0.39, 0.29) is 0 Å². The van der Waals surface area contributed by atoms with E-state index in [0.29, 0.717) is 17.7 Å². The molecule has 0 aliphatic heterocycles. The molecule has 98 valence electrons. The van der Waals surface area contributed by atoms with Gasteiger partial charge in [0.1, 0.15) is 10.8 Å². The van der Waals surface area contributed by atoms with Crippen LogP contribution < -0.4 is 11.1 Å². The molecule has 0 atom stereocenters. The molecule has 1 heterocycles. The Morgan fingerprint density at radius 1 is 1.50 bits per heavy atom. The van der Waals surface area contributed by atoms with E-state index in [2.05, 4.69) is 10.3 Å². The monoisotopic (exact) mass is 265 g/mol. The van der Waals surface area contributed by atoms with Crippen molar-refractivity contribution in [1.82, 2.24) is 4.98 Å². The fraction of sp³-hybridized carbons (Fsp3) is 0.538. The molecule has 0 bridgehead atoms. The Kier molecular flexibility index (Phi) is 4.90. The molecule has 1 aliphatic carbocycles. The first-order valence-corrected chi connectivity index (χ1v) is 6.78. The lowest BCUT2D eigenvalue weighted by atomic mass is 10.2. The van der Waals surface area contributed by atoms with Crippen molar-refractivity contribution in [2.45, 2.75) is 31.8 Å². The summed E-state index contributed by atoms with van der Waals surface area (Å²) in [4.78, 5) is 4.60. The normalized spacial score (nSPS) is 15.8. The summed E-state index contributed by atoms with van der Waals surface area (Å²) >= 11 is 4.93. The number of thiocarbonyl (C=S) groups is 1. The van der Waals surface area contributed by atoms with Gasteiger partial charge in [-0.25, -0.2) is 4.98 Å². The number of hydrogen-bond acceptors (Lipinski definition) is 4. The molecule has 18 heavy (non-hydrogen) atoms. The molecule has 3 N–H and O–H groups in total. The Morgan fingerprint density at radius 2 is 2.28 bits per heavy atom. The van der Waals surface area contributed by atoms with Crippen molar-refractivity contribution in [3.8, 4) is 0 Å². The predicted octanol–water partition coefficient (Wildman–Crippen LogP) is 2.09. The Bertz CT molecular complexity index is 405. The van der Waals surface area contributed by atoms with Crippen LogP contribution in [0.25, 0.3) is 0 Å². The molecular formula is C13H19N3OS. The molecule has 4 nitrogen and oxygen atoms in total. The van der Waals surface area contributed by atoms with Crippen LogP contribution in [-0.4, -0.2) is 29.2 Å². The second-order valence-corrected chi connectivity index (χ2v) is 4.94. The minimum Gasteiger partial charge on any atom is -0.389 e. The first kappa shape index (κ1) is 13.2. The van der Waals surface area contributed by atoms with E-state index in [4.69, 9.17) is 22.7 Å². The van der Waals surface area contributed by atoms with Crippen LogP contribution in [-0.2, 0) is 4.74 Å². The molecule has 0 amide bonds. The van der Waals surface area contributed by atoms with Crippen molar-refractivity contribution in [3.63, 3.8) is 0 Å². The third-order valence-electron chi connectivity index (χ3n) is 3.11. The maximum absolute atomic E-state index is 5.76. The van der Waals surface area contributed by atoms with E-state index in [0.717, 1.165) is 17.9 Å². The van der Waals surface area contributed by atoms with Crippen molar-refractivity contribution in [3.05, 3.63) is 23.9 Å². The highest BCUT2D eigenvalue weighted by Gasteiger charge is 2.14. The zero-order chi connectivity index (χ0) is 12.8. The minimum absolute atomic E-state index is 0.391. The third-order valence-corrected chi connectivity index (χ3v) is 3.34. The Morgan fingerprint density at radius 3 is 3.00 bits per heavy atom. The highest BCUT2D eigenvalue weighted by molar-refractivity contribution is 7.80. The lowest BCUT2D eigenvalue weighted by molar-refractivity contribution is 0.0658. The van der Waals surface area contributed by atoms with Gasteiger partial charge in [0.15, 0.2) is 0 Å². The number of pyridine rings is 1. The van der Waals surface area contributed by atoms with E-state index in [1.807, 2.05) is 12.1 Å². The van der Waals surface area contributed by atoms with Crippen molar-refractivity contribution in [2.75, 3.05) is 18.5 Å². The van der Waals surface area contributed by atoms with Gasteiger partial charge in [-0.05, 0) is 25.0 Å². The Hall–Kier alpha value is -1.20. The lowest BCUT2D eigenvalue weighted by Gasteiger charge is -2.12. The smallest absolute Gasteiger partial charge is 0.126 e. The molecule has 0 radical (unpaired) electrons. The van der Waals surface area contributed by atoms with E-state index in [9.17, 15) is 0 Å². The molecule has 5 heteroatoms. The lowest BCUT2D eigenvalue weighted by Crippen LogP contribution is -2.16. The zero-order valence-corrected chi connectivity index (χ0v) is 11.2. The summed E-state index contributed by atoms with van der Waals surface area (Å²) in [5, 5.41) is 3.21. The first-order valence-electron chi connectivity index (χ1n) is 6.37. The number of nitrogens with one attached hydrogen (secondary N) is 1. The second-order valence-electron chi connectivity index (χ2n) is 4.50. The fourth-order valence-corrected chi connectivity index (χ4v) is 2.27. The van der Waals surface area contributed by atoms with E-state index in [1.54, 1.807) is 6.20 Å². The Labute approximate surface area is 113 Å². The second kappa shape index (κ2) is 6.66. The maximum atomic E-state index is 5.76. The van der Waals surface area contributed by atoms with Crippen molar-refractivity contribution in [1.29, 1.82) is 0 Å². The van der Waals surface area contributed by atoms with Crippen LogP contribution in [0.3, 0.4) is 0 Å². The number of rotatable bonds is 6. The maximum Gasteiger partial charge on any atom is 0.126 e. The van der Waals surface area contributed by atoms with Gasteiger partial charge in [0.2, 0.25) is 0 Å². The number of ether oxygens (including phenoxy) is 1. The van der Waals surface area contributed by atoms with E-state index >= 15 is 0 Å². The minimum atomic E-state index is 0.391. The number of anilines is 1. The quantitative estimate of drug-likeness (QED) is 0.609. The SMILES string of the molecule is NC(=S)c1ccnc(NCCOC2CCCC2)c1. The molecule has 1 aromatic rings. The van der Waals surface area contributed by atoms with Crippen LogP contribution in [0.2, 0.25) is 0 Å². The van der Waals surface area contributed by atoms with Gasteiger partial charge in [-0.2, -0.15) is 0 Å². The molecule has 0 spiro atoms. The van der Waals surface area contributed by atoms with Gasteiger partial charge in [0.05, 0.1) is 12.7 Å². The molecule has 1 fully saturated rings. The highest BCUT2D eigenvalue weighted by atomic mass is 32.1. The molecule has 1 aliphatic rings. The average molecular weight is 265 g/mol. The van der Waals surface area contributed by atoms with Gasteiger partial charge in [-0.15, -0.1) is 0 Å². The summed E-state index contributed by atoms with van der Waals surface area (Å²) in [5.74, 6) is 0.787. The van der Waals surface area contributed by atoms with Crippen LogP contribution >= 0.6 is 12.2 Å². The van der Waals surface area contributed by atoms with Crippen LogP contribution in [0, 0.1) is 0 Å². The van der Waals surface area contributed by atoms with Crippen molar-refractivity contribution >= 4 is 23.0 Å². The van der Waals surface area contributed by atoms with Crippen molar-refractivity contribution < 1.29 is 4.74 Å². The van der Waals surface area contributed by atoms with Crippen LogP contribution in [0.5, 0.6) is 0 Å². The zero-order valence-electron chi connectivity index (χ0n) is 10.4. The number of nitrogens with zero attached hydrogens (tertiary/aromatic N) is 1. The predicted molar refractivity (Wildman–Crippen MR) is 76.8 cm³/mol. The van der Waals surface area contributed by atoms with Crippen LogP contribution in [0.4, 0.5) is 5.82 Å². The number of nitrogens with two attached hydrogens (primary N) is 1. The van der Waals surface area contributed by atoms with Gasteiger partial charge in [0, 0.05) is 18.3 Å². The molecule has 0 saturated heterocycles. The van der Waals surface area contributed by atoms with E-state index < -0.39 is 0 Å². The Balaban J connectivity index is 1.72. The van der Waals surface area contributed by atoms with Crippen LogP contribution in [0.15, 0.2) is 18.3 Å². The molecule has 0 unspecified atom stereocenters. The third kappa shape index (κ3) is 3.92. The molecule has 2 rings (SSSR count). The molecular weight excluding hydrogens is 246 g/mol. The standard InChI is InChI=1S/C13H19N3OS/c14-13(18)10-5-6-15-12(9-10)16-7-8-17-11-3-1-2-4-11/h5-6,9,11H,1-4,7-8H2,(H2,14,18)(H,15,16). The summed E-state index contributed by atoms with van der Waals surface area (Å²) in [7, 11) is 0. The summed E-state index contributed by atoms with van der Waals surface area (Å²) in [6.07, 6.45) is 7.17. The van der Waals surface area contributed by atoms with Gasteiger partial charge >= 0.3 is 0 Å². The number of aromatic nitrogens is 1. The van der Waals surface area contributed by atoms with Gasteiger partial charge in [0.25, 0.3) is 0 Å². The first-order chi connectivity index (χ1) is 8.75. The van der Waals surface area contributed by atoms with Crippen molar-refractivity contribution in [2.24, 2.45) is 5.73 Å². The topological polar surface area (TPSA) is 60.2 Å². The van der Waals surface area contributed by atoms with E-state index in [1.165, 1.54) is 25.7 Å². The van der Waals surface area contributed by atoms with Gasteiger partial charge < -0.3 is 15.8 Å². The van der Waals surface area contributed by atoms with Crippen LogP contribution in [0.1, 0.15) is 31.2 Å². The molecule has 1 saturated carbocycles. The summed E-state index contributed by atoms with van der Waals surface area (Å²) in [5.41, 5.74) is 6.40. The fourth-order valence-electron chi connectivity index (χ4n) is 2.14. The summed E-state index contributed by atoms with van der Waals surface area (Å²) in [6, 6.07) is 3.67. The molecule has 0 aromatic carbocycles. The largest absolute Gasteiger partial charge is 0.389 e.